The Bertz CT molecular complexity index is 355. The molecule has 1 aromatic rings. The summed E-state index contributed by atoms with van der Waals surface area (Å²) in [5, 5.41) is 3.44. The first-order chi connectivity index (χ1) is 7.65. The van der Waals surface area contributed by atoms with Crippen LogP contribution in [0.3, 0.4) is 0 Å². The van der Waals surface area contributed by atoms with Gasteiger partial charge in [0.1, 0.15) is 0 Å². The second-order valence-electron chi connectivity index (χ2n) is 3.68. The predicted molar refractivity (Wildman–Crippen MR) is 70.8 cm³/mol. The van der Waals surface area contributed by atoms with E-state index in [1.165, 1.54) is 0 Å². The highest BCUT2D eigenvalue weighted by molar-refractivity contribution is 7.99. The van der Waals surface area contributed by atoms with Crippen LogP contribution in [0.5, 0.6) is 0 Å². The van der Waals surface area contributed by atoms with Crippen LogP contribution in [-0.2, 0) is 0 Å². The van der Waals surface area contributed by atoms with Crippen molar-refractivity contribution in [2.75, 3.05) is 18.5 Å². The van der Waals surface area contributed by atoms with Crippen LogP contribution < -0.4 is 11.1 Å². The molecule has 0 fully saturated rings. The highest BCUT2D eigenvalue weighted by atomic mass is 32.2. The molecule has 1 unspecified atom stereocenters. The molecule has 0 bridgehead atoms. The summed E-state index contributed by atoms with van der Waals surface area (Å²) in [6.45, 7) is 2.84. The quantitative estimate of drug-likeness (QED) is 0.773. The predicted octanol–water partition coefficient (Wildman–Crippen LogP) is 2.14. The van der Waals surface area contributed by atoms with Crippen molar-refractivity contribution < 1.29 is 4.79 Å². The molecule has 4 heteroatoms. The third-order valence-corrected chi connectivity index (χ3v) is 3.48. The molecule has 0 aliphatic heterocycles. The Balaban J connectivity index is 2.44. The molecule has 0 aliphatic rings. The number of carbonyl (C=O) groups excluding carboxylic acids is 1. The molecule has 1 aromatic carbocycles. The molecule has 0 radical (unpaired) electrons. The summed E-state index contributed by atoms with van der Waals surface area (Å²) >= 11 is 1.80. The highest BCUT2D eigenvalue weighted by Crippen LogP contribution is 2.11. The minimum Gasteiger partial charge on any atom is -0.398 e. The van der Waals surface area contributed by atoms with E-state index in [0.29, 0.717) is 23.0 Å². The van der Waals surface area contributed by atoms with E-state index in [2.05, 4.69) is 18.5 Å². The maximum atomic E-state index is 11.7. The van der Waals surface area contributed by atoms with E-state index in [9.17, 15) is 4.79 Å². The maximum Gasteiger partial charge on any atom is 0.253 e. The Morgan fingerprint density at radius 2 is 2.19 bits per heavy atom. The maximum absolute atomic E-state index is 11.7. The SMILES string of the molecule is CSC(C)CCNC(=O)c1ccccc1N. The fraction of sp³-hybridized carbons (Fsp3) is 0.417. The van der Waals surface area contributed by atoms with Crippen molar-refractivity contribution in [3.63, 3.8) is 0 Å². The second-order valence-corrected chi connectivity index (χ2v) is 4.95. The van der Waals surface area contributed by atoms with Crippen LogP contribution in [-0.4, -0.2) is 24.0 Å². The van der Waals surface area contributed by atoms with Gasteiger partial charge in [-0.25, -0.2) is 0 Å². The summed E-state index contributed by atoms with van der Waals surface area (Å²) in [6, 6.07) is 7.11. The zero-order valence-electron chi connectivity index (χ0n) is 9.69. The van der Waals surface area contributed by atoms with Gasteiger partial charge >= 0.3 is 0 Å². The number of benzene rings is 1. The van der Waals surface area contributed by atoms with Gasteiger partial charge in [-0.3, -0.25) is 4.79 Å². The average Bonchev–Trinajstić information content (AvgIpc) is 2.29. The van der Waals surface area contributed by atoms with E-state index in [1.54, 1.807) is 23.9 Å². The van der Waals surface area contributed by atoms with Crippen LogP contribution in [0.15, 0.2) is 24.3 Å². The molecule has 1 rings (SSSR count). The van der Waals surface area contributed by atoms with Crippen molar-refractivity contribution in [3.8, 4) is 0 Å². The number of nitrogen functional groups attached to an aromatic ring is 1. The number of para-hydroxylation sites is 1. The van der Waals surface area contributed by atoms with Gasteiger partial charge in [0.15, 0.2) is 0 Å². The summed E-state index contributed by atoms with van der Waals surface area (Å²) in [5.41, 5.74) is 6.79. The van der Waals surface area contributed by atoms with Crippen LogP contribution in [0.4, 0.5) is 5.69 Å². The van der Waals surface area contributed by atoms with Crippen LogP contribution in [0.2, 0.25) is 0 Å². The number of hydrogen-bond donors (Lipinski definition) is 2. The summed E-state index contributed by atoms with van der Waals surface area (Å²) < 4.78 is 0. The number of hydrogen-bond acceptors (Lipinski definition) is 3. The van der Waals surface area contributed by atoms with Crippen molar-refractivity contribution in [1.82, 2.24) is 5.32 Å². The lowest BCUT2D eigenvalue weighted by Crippen LogP contribution is -2.26. The minimum absolute atomic E-state index is 0.0913. The van der Waals surface area contributed by atoms with Gasteiger partial charge in [0.05, 0.1) is 5.56 Å². The molecule has 0 spiro atoms. The summed E-state index contributed by atoms with van der Waals surface area (Å²) in [7, 11) is 0. The second kappa shape index (κ2) is 6.43. The number of thioether (sulfide) groups is 1. The van der Waals surface area contributed by atoms with Gasteiger partial charge < -0.3 is 11.1 Å². The summed E-state index contributed by atoms with van der Waals surface area (Å²) in [4.78, 5) is 11.7. The first kappa shape index (κ1) is 12.9. The van der Waals surface area contributed by atoms with Gasteiger partial charge in [-0.15, -0.1) is 0 Å². The molecule has 1 atom stereocenters. The molecule has 3 N–H and O–H groups in total. The topological polar surface area (TPSA) is 55.1 Å². The van der Waals surface area contributed by atoms with Crippen molar-refractivity contribution in [3.05, 3.63) is 29.8 Å². The minimum atomic E-state index is -0.0913. The molecule has 0 aromatic heterocycles. The molecule has 0 saturated heterocycles. The van der Waals surface area contributed by atoms with Gasteiger partial charge in [-0.05, 0) is 24.8 Å². The van der Waals surface area contributed by atoms with Crippen molar-refractivity contribution >= 4 is 23.4 Å². The lowest BCUT2D eigenvalue weighted by Gasteiger charge is -2.10. The first-order valence-electron chi connectivity index (χ1n) is 5.30. The van der Waals surface area contributed by atoms with Crippen LogP contribution in [0.25, 0.3) is 0 Å². The molecule has 0 saturated carbocycles. The smallest absolute Gasteiger partial charge is 0.253 e. The van der Waals surface area contributed by atoms with Gasteiger partial charge in [-0.2, -0.15) is 11.8 Å². The number of nitrogens with one attached hydrogen (secondary N) is 1. The molecule has 88 valence electrons. The Hall–Kier alpha value is -1.16. The standard InChI is InChI=1S/C12H18N2OS/c1-9(16-2)7-8-14-12(15)10-5-3-4-6-11(10)13/h3-6,9H,7-8,13H2,1-2H3,(H,14,15). The molecule has 0 heterocycles. The van der Waals surface area contributed by atoms with E-state index >= 15 is 0 Å². The number of rotatable bonds is 5. The third-order valence-electron chi connectivity index (χ3n) is 2.44. The van der Waals surface area contributed by atoms with Gasteiger partial charge in [-0.1, -0.05) is 19.1 Å². The zero-order valence-corrected chi connectivity index (χ0v) is 10.5. The van der Waals surface area contributed by atoms with Gasteiger partial charge in [0, 0.05) is 17.5 Å². The van der Waals surface area contributed by atoms with E-state index in [-0.39, 0.29) is 5.91 Å². The van der Waals surface area contributed by atoms with Gasteiger partial charge in [0.25, 0.3) is 5.91 Å². The fourth-order valence-electron chi connectivity index (χ4n) is 1.31. The van der Waals surface area contributed by atoms with Crippen LogP contribution >= 0.6 is 11.8 Å². The Morgan fingerprint density at radius 3 is 2.81 bits per heavy atom. The Labute approximate surface area is 101 Å². The first-order valence-corrected chi connectivity index (χ1v) is 6.59. The van der Waals surface area contributed by atoms with Crippen molar-refractivity contribution in [1.29, 1.82) is 0 Å². The number of carbonyl (C=O) groups is 1. The largest absolute Gasteiger partial charge is 0.398 e. The molecular formula is C12H18N2OS. The van der Waals surface area contributed by atoms with E-state index in [4.69, 9.17) is 5.73 Å². The lowest BCUT2D eigenvalue weighted by atomic mass is 10.1. The van der Waals surface area contributed by atoms with Crippen molar-refractivity contribution in [2.24, 2.45) is 0 Å². The van der Waals surface area contributed by atoms with Crippen LogP contribution in [0.1, 0.15) is 23.7 Å². The molecule has 1 amide bonds. The summed E-state index contributed by atoms with van der Waals surface area (Å²) in [6.07, 6.45) is 3.04. The molecular weight excluding hydrogens is 220 g/mol. The molecule has 16 heavy (non-hydrogen) atoms. The highest BCUT2D eigenvalue weighted by Gasteiger charge is 2.08. The monoisotopic (exact) mass is 238 g/mol. The third kappa shape index (κ3) is 3.77. The Morgan fingerprint density at radius 1 is 1.50 bits per heavy atom. The van der Waals surface area contributed by atoms with Crippen molar-refractivity contribution in [2.45, 2.75) is 18.6 Å². The van der Waals surface area contributed by atoms with Crippen LogP contribution in [0, 0.1) is 0 Å². The Kier molecular flexibility index (Phi) is 5.19. The average molecular weight is 238 g/mol. The normalized spacial score (nSPS) is 12.1. The zero-order chi connectivity index (χ0) is 12.0. The number of amides is 1. The fourth-order valence-corrected chi connectivity index (χ4v) is 1.66. The molecule has 0 aliphatic carbocycles. The number of nitrogens with two attached hydrogens (primary N) is 1. The van der Waals surface area contributed by atoms with E-state index < -0.39 is 0 Å². The van der Waals surface area contributed by atoms with E-state index in [0.717, 1.165) is 6.42 Å². The number of anilines is 1. The van der Waals surface area contributed by atoms with E-state index in [1.807, 2.05) is 12.1 Å². The molecule has 3 nitrogen and oxygen atoms in total. The lowest BCUT2D eigenvalue weighted by molar-refractivity contribution is 0.0954. The van der Waals surface area contributed by atoms with Gasteiger partial charge in [0.2, 0.25) is 0 Å². The summed E-state index contributed by atoms with van der Waals surface area (Å²) in [5.74, 6) is -0.0913.